The molecule has 0 spiro atoms. The molecule has 2 aliphatic rings. The number of rotatable bonds is 6. The molecule has 10 nitrogen and oxygen atoms in total. The summed E-state index contributed by atoms with van der Waals surface area (Å²) in [5, 5.41) is 5.10. The SMILES string of the molecule is CC(C)(C)OC(=O)N1CCN(CC2=CSCN2/C=C(\N)c2ccccc2NC(=O)c2cnc3ccccc3n2)CC1. The molecule has 1 fully saturated rings. The monoisotopic (exact) mass is 573 g/mol. The lowest BCUT2D eigenvalue weighted by atomic mass is 10.1. The summed E-state index contributed by atoms with van der Waals surface area (Å²) in [6, 6.07) is 14.9. The minimum Gasteiger partial charge on any atom is -0.444 e. The average Bonchev–Trinajstić information content (AvgIpc) is 3.38. The maximum absolute atomic E-state index is 13.0. The highest BCUT2D eigenvalue weighted by atomic mass is 32.2. The lowest BCUT2D eigenvalue weighted by Crippen LogP contribution is -2.50. The van der Waals surface area contributed by atoms with E-state index in [2.05, 4.69) is 30.5 Å². The van der Waals surface area contributed by atoms with Crippen LogP contribution in [0.4, 0.5) is 10.5 Å². The lowest BCUT2D eigenvalue weighted by Gasteiger charge is -2.36. The first-order valence-corrected chi connectivity index (χ1v) is 14.6. The number of piperazine rings is 1. The number of nitrogens with one attached hydrogen (secondary N) is 1. The summed E-state index contributed by atoms with van der Waals surface area (Å²) in [6.07, 6.45) is 3.14. The van der Waals surface area contributed by atoms with Gasteiger partial charge in [0, 0.05) is 50.2 Å². The number of nitrogens with two attached hydrogens (primary N) is 1. The summed E-state index contributed by atoms with van der Waals surface area (Å²) in [4.78, 5) is 40.5. The fourth-order valence-corrected chi connectivity index (χ4v) is 5.47. The van der Waals surface area contributed by atoms with E-state index in [0.29, 0.717) is 30.0 Å². The number of carbonyl (C=O) groups excluding carboxylic acids is 2. The van der Waals surface area contributed by atoms with Gasteiger partial charge in [-0.05, 0) is 44.4 Å². The second-order valence-electron chi connectivity index (χ2n) is 10.9. The van der Waals surface area contributed by atoms with Crippen molar-refractivity contribution in [3.63, 3.8) is 0 Å². The van der Waals surface area contributed by atoms with E-state index in [1.165, 1.54) is 6.20 Å². The van der Waals surface area contributed by atoms with Gasteiger partial charge in [-0.25, -0.2) is 9.78 Å². The Balaban J connectivity index is 1.22. The summed E-state index contributed by atoms with van der Waals surface area (Å²) in [5.74, 6) is 0.390. The molecule has 3 heterocycles. The van der Waals surface area contributed by atoms with Crippen molar-refractivity contribution < 1.29 is 14.3 Å². The molecule has 214 valence electrons. The highest BCUT2D eigenvalue weighted by Crippen LogP contribution is 2.28. The molecule has 2 amide bonds. The van der Waals surface area contributed by atoms with E-state index in [0.717, 1.165) is 42.3 Å². The van der Waals surface area contributed by atoms with Crippen LogP contribution in [-0.2, 0) is 4.74 Å². The Kier molecular flexibility index (Phi) is 8.46. The quantitative estimate of drug-likeness (QED) is 0.438. The maximum atomic E-state index is 13.0. The van der Waals surface area contributed by atoms with Crippen LogP contribution >= 0.6 is 11.8 Å². The van der Waals surface area contributed by atoms with Gasteiger partial charge >= 0.3 is 6.09 Å². The van der Waals surface area contributed by atoms with Crippen molar-refractivity contribution in [3.05, 3.63) is 83.3 Å². The van der Waals surface area contributed by atoms with Crippen molar-refractivity contribution in [1.29, 1.82) is 0 Å². The predicted molar refractivity (Wildman–Crippen MR) is 163 cm³/mol. The van der Waals surface area contributed by atoms with Crippen molar-refractivity contribution in [1.82, 2.24) is 24.7 Å². The van der Waals surface area contributed by atoms with Gasteiger partial charge in [0.25, 0.3) is 5.91 Å². The topological polar surface area (TPSA) is 117 Å². The van der Waals surface area contributed by atoms with Crippen molar-refractivity contribution in [2.45, 2.75) is 26.4 Å². The molecule has 0 bridgehead atoms. The van der Waals surface area contributed by atoms with Crippen LogP contribution in [0.2, 0.25) is 0 Å². The molecule has 2 aliphatic heterocycles. The summed E-state index contributed by atoms with van der Waals surface area (Å²) in [5.41, 5.74) is 10.7. The van der Waals surface area contributed by atoms with E-state index in [1.54, 1.807) is 16.7 Å². The molecular formula is C30H35N7O3S. The minimum atomic E-state index is -0.501. The van der Waals surface area contributed by atoms with Gasteiger partial charge in [-0.3, -0.25) is 14.7 Å². The number of thioether (sulfide) groups is 1. The Morgan fingerprint density at radius 1 is 1.05 bits per heavy atom. The van der Waals surface area contributed by atoms with E-state index in [1.807, 2.05) is 75.5 Å². The number of anilines is 1. The molecule has 0 atom stereocenters. The number of nitrogens with zero attached hydrogens (tertiary/aromatic N) is 5. The van der Waals surface area contributed by atoms with Crippen LogP contribution in [0, 0.1) is 0 Å². The molecule has 0 saturated carbocycles. The summed E-state index contributed by atoms with van der Waals surface area (Å²) in [7, 11) is 0. The molecule has 3 N–H and O–H groups in total. The number of para-hydroxylation sites is 3. The van der Waals surface area contributed by atoms with Crippen molar-refractivity contribution >= 4 is 46.2 Å². The van der Waals surface area contributed by atoms with Gasteiger partial charge in [-0.1, -0.05) is 30.3 Å². The van der Waals surface area contributed by atoms with Crippen molar-refractivity contribution in [2.24, 2.45) is 5.73 Å². The first kappa shape index (κ1) is 28.4. The Hall–Kier alpha value is -4.09. The fraction of sp³-hybridized carbons (Fsp3) is 0.333. The van der Waals surface area contributed by atoms with Crippen molar-refractivity contribution in [3.8, 4) is 0 Å². The van der Waals surface area contributed by atoms with Gasteiger partial charge in [0.1, 0.15) is 11.3 Å². The highest BCUT2D eigenvalue weighted by molar-refractivity contribution is 8.02. The number of benzene rings is 2. The van der Waals surface area contributed by atoms with Gasteiger partial charge < -0.3 is 25.6 Å². The summed E-state index contributed by atoms with van der Waals surface area (Å²) in [6.45, 7) is 9.17. The van der Waals surface area contributed by atoms with Gasteiger partial charge in [0.2, 0.25) is 0 Å². The van der Waals surface area contributed by atoms with Gasteiger partial charge in [-0.15, -0.1) is 11.8 Å². The number of fused-ring (bicyclic) bond motifs is 1. The Bertz CT molecular complexity index is 1490. The maximum Gasteiger partial charge on any atom is 0.410 e. The van der Waals surface area contributed by atoms with Crippen LogP contribution in [0.1, 0.15) is 36.8 Å². The third-order valence-electron chi connectivity index (χ3n) is 6.67. The largest absolute Gasteiger partial charge is 0.444 e. The first-order chi connectivity index (χ1) is 19.7. The summed E-state index contributed by atoms with van der Waals surface area (Å²) < 4.78 is 5.52. The zero-order chi connectivity index (χ0) is 29.0. The molecule has 0 radical (unpaired) electrons. The molecule has 1 aromatic heterocycles. The second kappa shape index (κ2) is 12.2. The molecule has 5 rings (SSSR count). The first-order valence-electron chi connectivity index (χ1n) is 13.5. The number of amides is 2. The summed E-state index contributed by atoms with van der Waals surface area (Å²) >= 11 is 1.71. The highest BCUT2D eigenvalue weighted by Gasteiger charge is 2.27. The fourth-order valence-electron chi connectivity index (χ4n) is 4.59. The van der Waals surface area contributed by atoms with Crippen LogP contribution < -0.4 is 11.1 Å². The van der Waals surface area contributed by atoms with Gasteiger partial charge in [-0.2, -0.15) is 0 Å². The number of hydrogen-bond donors (Lipinski definition) is 2. The van der Waals surface area contributed by atoms with Crippen LogP contribution in [0.15, 0.2) is 72.0 Å². The smallest absolute Gasteiger partial charge is 0.410 e. The minimum absolute atomic E-state index is 0.231. The molecule has 0 aliphatic carbocycles. The van der Waals surface area contributed by atoms with Crippen molar-refractivity contribution in [2.75, 3.05) is 43.9 Å². The Morgan fingerprint density at radius 3 is 2.51 bits per heavy atom. The Morgan fingerprint density at radius 2 is 1.76 bits per heavy atom. The molecule has 0 unspecified atom stereocenters. The molecule has 41 heavy (non-hydrogen) atoms. The molecule has 3 aromatic rings. The van der Waals surface area contributed by atoms with Gasteiger partial charge in [0.15, 0.2) is 0 Å². The van der Waals surface area contributed by atoms with E-state index in [-0.39, 0.29) is 17.7 Å². The van der Waals surface area contributed by atoms with Crippen LogP contribution in [-0.4, -0.2) is 80.9 Å². The third-order valence-corrected chi connectivity index (χ3v) is 7.54. The number of hydrogen-bond acceptors (Lipinski definition) is 9. The zero-order valence-electron chi connectivity index (χ0n) is 23.5. The van der Waals surface area contributed by atoms with E-state index >= 15 is 0 Å². The second-order valence-corrected chi connectivity index (χ2v) is 11.8. The average molecular weight is 574 g/mol. The van der Waals surface area contributed by atoms with Crippen LogP contribution in [0.25, 0.3) is 16.7 Å². The molecular weight excluding hydrogens is 538 g/mol. The zero-order valence-corrected chi connectivity index (χ0v) is 24.4. The molecule has 1 saturated heterocycles. The van der Waals surface area contributed by atoms with Crippen LogP contribution in [0.5, 0.6) is 0 Å². The standard InChI is InChI=1S/C30H35N7O3S/c1-30(2,3)40-29(39)36-14-12-35(13-15-36)17-21-19-41-20-37(21)18-23(31)22-8-4-5-9-24(22)34-28(38)27-16-32-25-10-6-7-11-26(25)33-27/h4-11,16,18-19H,12-15,17,20,31H2,1-3H3,(H,34,38)/b23-18-. The number of ether oxygens (including phenoxy) is 1. The normalized spacial score (nSPS) is 16.6. The Labute approximate surface area is 244 Å². The van der Waals surface area contributed by atoms with E-state index in [9.17, 15) is 9.59 Å². The number of carbonyl (C=O) groups is 2. The van der Waals surface area contributed by atoms with E-state index in [4.69, 9.17) is 10.5 Å². The number of aromatic nitrogens is 2. The molecule has 2 aromatic carbocycles. The third kappa shape index (κ3) is 7.17. The van der Waals surface area contributed by atoms with Crippen LogP contribution in [0.3, 0.4) is 0 Å². The molecule has 11 heteroatoms. The lowest BCUT2D eigenvalue weighted by molar-refractivity contribution is 0.0149. The predicted octanol–water partition coefficient (Wildman–Crippen LogP) is 4.54. The van der Waals surface area contributed by atoms with E-state index < -0.39 is 5.60 Å². The van der Waals surface area contributed by atoms with Gasteiger partial charge in [0.05, 0.1) is 34.5 Å².